The number of aliphatic hydroxyl groups excluding tert-OH is 1. The molecule has 2 rings (SSSR count). The van der Waals surface area contributed by atoms with Gasteiger partial charge in [-0.2, -0.15) is 0 Å². The number of benzene rings is 1. The molecule has 1 heterocycles. The van der Waals surface area contributed by atoms with Crippen LogP contribution in [0.4, 0.5) is 0 Å². The van der Waals surface area contributed by atoms with Crippen LogP contribution >= 0.6 is 23.2 Å². The molecule has 108 valence electrons. The zero-order valence-corrected chi connectivity index (χ0v) is 12.8. The minimum absolute atomic E-state index is 0.171. The van der Waals surface area contributed by atoms with Gasteiger partial charge in [-0.3, -0.25) is 0 Å². The molecule has 0 amide bonds. The molecule has 1 atom stereocenters. The number of hydrogen-bond donors (Lipinski definition) is 2. The molecular weight excluding hydrogens is 297 g/mol. The third-order valence-electron chi connectivity index (χ3n) is 3.27. The minimum atomic E-state index is 0.171. The molecule has 3 N–H and O–H groups in total. The topological polar surface area (TPSA) is 50.0 Å². The van der Waals surface area contributed by atoms with Gasteiger partial charge >= 0.3 is 0 Å². The van der Waals surface area contributed by atoms with E-state index in [0.717, 1.165) is 17.7 Å². The monoisotopic (exact) mass is 314 g/mol. The lowest BCUT2D eigenvalue weighted by Crippen LogP contribution is -2.89. The average Bonchev–Trinajstić information content (AvgIpc) is 2.91. The largest absolute Gasteiger partial charge is 0.455 e. The Hall–Kier alpha value is -1.00. The highest BCUT2D eigenvalue weighted by molar-refractivity contribution is 6.35. The second-order valence-corrected chi connectivity index (χ2v) is 5.52. The van der Waals surface area contributed by atoms with Gasteiger partial charge in [0.25, 0.3) is 0 Å². The fraction of sp³-hybridized carbons (Fsp3) is 0.333. The Morgan fingerprint density at radius 1 is 1.25 bits per heavy atom. The second kappa shape index (κ2) is 7.14. The first-order valence-electron chi connectivity index (χ1n) is 6.62. The van der Waals surface area contributed by atoms with Crippen LogP contribution in [0.3, 0.4) is 0 Å². The summed E-state index contributed by atoms with van der Waals surface area (Å²) in [7, 11) is 0. The Kier molecular flexibility index (Phi) is 5.49. The molecule has 0 spiro atoms. The highest BCUT2D eigenvalue weighted by Gasteiger charge is 2.12. The highest BCUT2D eigenvalue weighted by Crippen LogP contribution is 2.31. The van der Waals surface area contributed by atoms with Crippen molar-refractivity contribution in [3.8, 4) is 11.3 Å². The smallest absolute Gasteiger partial charge is 0.158 e. The van der Waals surface area contributed by atoms with Crippen molar-refractivity contribution in [3.05, 3.63) is 46.1 Å². The molecular formula is C15H18Cl2NO2+. The molecule has 0 fully saturated rings. The van der Waals surface area contributed by atoms with E-state index in [1.54, 1.807) is 18.2 Å². The van der Waals surface area contributed by atoms with Gasteiger partial charge < -0.3 is 14.8 Å². The fourth-order valence-electron chi connectivity index (χ4n) is 1.97. The second-order valence-electron chi connectivity index (χ2n) is 4.68. The lowest BCUT2D eigenvalue weighted by Gasteiger charge is -2.08. The number of aliphatic hydroxyl groups is 1. The van der Waals surface area contributed by atoms with Crippen molar-refractivity contribution >= 4 is 23.2 Å². The zero-order chi connectivity index (χ0) is 14.5. The minimum Gasteiger partial charge on any atom is -0.455 e. The van der Waals surface area contributed by atoms with Gasteiger partial charge in [-0.05, 0) is 36.8 Å². The molecule has 3 nitrogen and oxygen atoms in total. The molecule has 0 bridgehead atoms. The summed E-state index contributed by atoms with van der Waals surface area (Å²) in [5.74, 6) is 1.56. The van der Waals surface area contributed by atoms with Gasteiger partial charge in [-0.1, -0.05) is 30.1 Å². The van der Waals surface area contributed by atoms with E-state index in [9.17, 15) is 0 Å². The molecule has 0 aliphatic heterocycles. The Balaban J connectivity index is 2.10. The lowest BCUT2D eigenvalue weighted by molar-refractivity contribution is -0.707. The maximum atomic E-state index is 9.16. The molecule has 0 unspecified atom stereocenters. The standard InChI is InChI=1S/C15H17Cl2NO2/c1-2-11(9-19)18-8-12-4-6-15(20-12)13-7-10(16)3-5-14(13)17/h3-7,11,18-19H,2,8-9H2,1H3/p+1/t11-/m1/s1. The van der Waals surface area contributed by atoms with E-state index >= 15 is 0 Å². The summed E-state index contributed by atoms with van der Waals surface area (Å²) in [6, 6.07) is 9.31. The summed E-state index contributed by atoms with van der Waals surface area (Å²) in [6.45, 7) is 2.91. The van der Waals surface area contributed by atoms with Gasteiger partial charge in [0.1, 0.15) is 18.3 Å². The normalized spacial score (nSPS) is 12.6. The first kappa shape index (κ1) is 15.4. The number of furan rings is 1. The van der Waals surface area contributed by atoms with Crippen molar-refractivity contribution in [2.24, 2.45) is 0 Å². The van der Waals surface area contributed by atoms with Crippen molar-refractivity contribution in [1.29, 1.82) is 0 Å². The van der Waals surface area contributed by atoms with Gasteiger partial charge in [-0.15, -0.1) is 0 Å². The van der Waals surface area contributed by atoms with Crippen LogP contribution in [0.15, 0.2) is 34.7 Å². The van der Waals surface area contributed by atoms with Gasteiger partial charge in [0.15, 0.2) is 5.76 Å². The molecule has 0 saturated carbocycles. The van der Waals surface area contributed by atoms with Gasteiger partial charge in [0, 0.05) is 10.6 Å². The lowest BCUT2D eigenvalue weighted by atomic mass is 10.2. The molecule has 0 aliphatic rings. The molecule has 1 aromatic heterocycles. The Morgan fingerprint density at radius 3 is 2.75 bits per heavy atom. The van der Waals surface area contributed by atoms with E-state index in [-0.39, 0.29) is 12.6 Å². The van der Waals surface area contributed by atoms with Crippen LogP contribution in [0, 0.1) is 0 Å². The molecule has 1 aromatic carbocycles. The summed E-state index contributed by atoms with van der Waals surface area (Å²) < 4.78 is 5.79. The maximum Gasteiger partial charge on any atom is 0.158 e. The predicted molar refractivity (Wildman–Crippen MR) is 81.0 cm³/mol. The van der Waals surface area contributed by atoms with Gasteiger partial charge in [0.2, 0.25) is 0 Å². The van der Waals surface area contributed by atoms with E-state index in [1.807, 2.05) is 12.1 Å². The van der Waals surface area contributed by atoms with Crippen LogP contribution in [0.1, 0.15) is 19.1 Å². The summed E-state index contributed by atoms with van der Waals surface area (Å²) in [5.41, 5.74) is 0.791. The summed E-state index contributed by atoms with van der Waals surface area (Å²) in [4.78, 5) is 0. The van der Waals surface area contributed by atoms with Crippen molar-refractivity contribution in [2.75, 3.05) is 6.61 Å². The molecule has 2 aromatic rings. The maximum absolute atomic E-state index is 9.16. The Morgan fingerprint density at radius 2 is 2.05 bits per heavy atom. The summed E-state index contributed by atoms with van der Waals surface area (Å²) >= 11 is 12.1. The zero-order valence-electron chi connectivity index (χ0n) is 11.3. The van der Waals surface area contributed by atoms with Crippen molar-refractivity contribution in [1.82, 2.24) is 0 Å². The third-order valence-corrected chi connectivity index (χ3v) is 3.83. The van der Waals surface area contributed by atoms with E-state index in [4.69, 9.17) is 32.7 Å². The highest BCUT2D eigenvalue weighted by atomic mass is 35.5. The third kappa shape index (κ3) is 3.76. The van der Waals surface area contributed by atoms with Crippen molar-refractivity contribution in [3.63, 3.8) is 0 Å². The summed E-state index contributed by atoms with van der Waals surface area (Å²) in [5, 5.41) is 12.5. The molecule has 20 heavy (non-hydrogen) atoms. The molecule has 0 saturated heterocycles. The quantitative estimate of drug-likeness (QED) is 0.860. The number of nitrogens with two attached hydrogens (primary N) is 1. The van der Waals surface area contributed by atoms with E-state index < -0.39 is 0 Å². The van der Waals surface area contributed by atoms with Crippen molar-refractivity contribution in [2.45, 2.75) is 25.9 Å². The van der Waals surface area contributed by atoms with E-state index in [2.05, 4.69) is 12.2 Å². The number of hydrogen-bond acceptors (Lipinski definition) is 2. The molecule has 5 heteroatoms. The Labute approximate surface area is 128 Å². The van der Waals surface area contributed by atoms with E-state index in [1.165, 1.54) is 0 Å². The first-order chi connectivity index (χ1) is 9.63. The first-order valence-corrected chi connectivity index (χ1v) is 7.38. The average molecular weight is 315 g/mol. The van der Waals surface area contributed by atoms with Crippen LogP contribution in [-0.2, 0) is 6.54 Å². The Bertz CT molecular complexity index is 565. The van der Waals surface area contributed by atoms with E-state index in [0.29, 0.717) is 22.4 Å². The number of quaternary nitrogens is 1. The fourth-order valence-corrected chi connectivity index (χ4v) is 2.35. The summed E-state index contributed by atoms with van der Waals surface area (Å²) in [6.07, 6.45) is 0.921. The van der Waals surface area contributed by atoms with Gasteiger partial charge in [-0.25, -0.2) is 0 Å². The van der Waals surface area contributed by atoms with Crippen molar-refractivity contribution < 1.29 is 14.8 Å². The predicted octanol–water partition coefficient (Wildman–Crippen LogP) is 3.09. The van der Waals surface area contributed by atoms with Crippen LogP contribution < -0.4 is 5.32 Å². The van der Waals surface area contributed by atoms with Crippen LogP contribution in [-0.4, -0.2) is 17.8 Å². The van der Waals surface area contributed by atoms with Crippen LogP contribution in [0.5, 0.6) is 0 Å². The number of halogens is 2. The van der Waals surface area contributed by atoms with Crippen LogP contribution in [0.25, 0.3) is 11.3 Å². The molecule has 0 aliphatic carbocycles. The SMILES string of the molecule is CC[C@H](CO)[NH2+]Cc1ccc(-c2cc(Cl)ccc2Cl)o1. The van der Waals surface area contributed by atoms with Crippen LogP contribution in [0.2, 0.25) is 10.0 Å². The van der Waals surface area contributed by atoms with Gasteiger partial charge in [0.05, 0.1) is 11.6 Å². The number of rotatable bonds is 6. The molecule has 0 radical (unpaired) electrons.